The van der Waals surface area contributed by atoms with Gasteiger partial charge in [-0.05, 0) is 43.5 Å². The molecule has 0 bridgehead atoms. The average molecular weight is 503 g/mol. The number of pyridine rings is 1. The molecule has 3 aromatic heterocycles. The van der Waals surface area contributed by atoms with Crippen LogP contribution in [-0.4, -0.2) is 62.4 Å². The zero-order chi connectivity index (χ0) is 26.1. The minimum Gasteiger partial charge on any atom is -0.453 e. The molecule has 190 valence electrons. The van der Waals surface area contributed by atoms with Crippen molar-refractivity contribution in [2.75, 3.05) is 25.5 Å². The predicted octanol–water partition coefficient (Wildman–Crippen LogP) is 3.63. The van der Waals surface area contributed by atoms with Gasteiger partial charge in [-0.15, -0.1) is 0 Å². The Morgan fingerprint density at radius 3 is 2.76 bits per heavy atom. The Hall–Kier alpha value is -4.54. The Balaban J connectivity index is 1.32. The quantitative estimate of drug-likeness (QED) is 0.405. The van der Waals surface area contributed by atoms with Crippen LogP contribution in [0.5, 0.6) is 0 Å². The average Bonchev–Trinajstić information content (AvgIpc) is 3.50. The number of methoxy groups -OCH3 is 1. The molecule has 11 nitrogen and oxygen atoms in total. The van der Waals surface area contributed by atoms with Crippen LogP contribution < -0.4 is 5.32 Å². The summed E-state index contributed by atoms with van der Waals surface area (Å²) < 4.78 is 11.9. The zero-order valence-electron chi connectivity index (χ0n) is 20.7. The number of aryl methyl sites for hydroxylation is 2. The van der Waals surface area contributed by atoms with Gasteiger partial charge in [0.25, 0.3) is 5.91 Å². The lowest BCUT2D eigenvalue weighted by Crippen LogP contribution is -2.48. The van der Waals surface area contributed by atoms with Gasteiger partial charge in [-0.2, -0.15) is 4.98 Å². The van der Waals surface area contributed by atoms with Crippen molar-refractivity contribution in [3.8, 4) is 11.4 Å². The Bertz CT molecular complexity index is 1500. The molecule has 1 N–H and O–H groups in total. The summed E-state index contributed by atoms with van der Waals surface area (Å²) in [6.07, 6.45) is 4.02. The predicted molar refractivity (Wildman–Crippen MR) is 133 cm³/mol. The second kappa shape index (κ2) is 9.84. The molecule has 4 aromatic rings. The van der Waals surface area contributed by atoms with E-state index in [0.717, 1.165) is 11.1 Å². The molecule has 1 aliphatic heterocycles. The molecule has 0 atom stereocenters. The number of hydrogen-bond donors (Lipinski definition) is 1. The van der Waals surface area contributed by atoms with E-state index in [-0.39, 0.29) is 23.7 Å². The van der Waals surface area contributed by atoms with E-state index in [1.165, 1.54) is 13.3 Å². The highest BCUT2D eigenvalue weighted by Crippen LogP contribution is 2.29. The van der Waals surface area contributed by atoms with Crippen molar-refractivity contribution in [2.45, 2.75) is 32.6 Å². The normalized spacial score (nSPS) is 13.4. The van der Waals surface area contributed by atoms with Crippen molar-refractivity contribution in [1.29, 1.82) is 0 Å². The van der Waals surface area contributed by atoms with Gasteiger partial charge in [-0.1, -0.05) is 23.4 Å². The number of amides is 2. The summed E-state index contributed by atoms with van der Waals surface area (Å²) in [7, 11) is 1.34. The summed E-state index contributed by atoms with van der Waals surface area (Å²) in [6.45, 7) is 4.37. The molecule has 0 aliphatic carbocycles. The van der Waals surface area contributed by atoms with Crippen LogP contribution in [0.3, 0.4) is 0 Å². The number of aromatic nitrogens is 4. The van der Waals surface area contributed by atoms with Gasteiger partial charge < -0.3 is 24.3 Å². The van der Waals surface area contributed by atoms with Crippen molar-refractivity contribution in [3.05, 3.63) is 65.4 Å². The molecule has 0 radical (unpaired) electrons. The third-order valence-corrected chi connectivity index (χ3v) is 6.41. The standard InChI is InChI=1S/C26H26N6O5/c1-15-4-8-18(23-29-25(37-30-23)19-13-31(14-19)26(35)36-3)10-20(15)28-24(34)21-11-27-22-9-7-17(12-32(21)22)6-5-16(2)33/h4,7-12,19H,5-6,13-14H2,1-3H3,(H,28,34). The van der Waals surface area contributed by atoms with Crippen molar-refractivity contribution < 1.29 is 23.6 Å². The molecule has 2 amide bonds. The Morgan fingerprint density at radius 2 is 2.00 bits per heavy atom. The number of ketones is 1. The van der Waals surface area contributed by atoms with Crippen molar-refractivity contribution >= 4 is 29.1 Å². The fourth-order valence-corrected chi connectivity index (χ4v) is 4.17. The largest absolute Gasteiger partial charge is 0.453 e. The van der Waals surface area contributed by atoms with E-state index in [9.17, 15) is 14.4 Å². The maximum absolute atomic E-state index is 13.2. The fraction of sp³-hybridized carbons (Fsp3) is 0.308. The van der Waals surface area contributed by atoms with E-state index in [4.69, 9.17) is 9.26 Å². The number of rotatable bonds is 7. The number of benzene rings is 1. The number of imidazole rings is 1. The van der Waals surface area contributed by atoms with Crippen LogP contribution in [0.4, 0.5) is 10.5 Å². The van der Waals surface area contributed by atoms with Gasteiger partial charge >= 0.3 is 6.09 Å². The van der Waals surface area contributed by atoms with Gasteiger partial charge in [0.15, 0.2) is 0 Å². The van der Waals surface area contributed by atoms with Crippen LogP contribution in [0, 0.1) is 6.92 Å². The summed E-state index contributed by atoms with van der Waals surface area (Å²) in [4.78, 5) is 46.5. The highest BCUT2D eigenvalue weighted by atomic mass is 16.5. The number of nitrogens with one attached hydrogen (secondary N) is 1. The maximum Gasteiger partial charge on any atom is 0.409 e. The van der Waals surface area contributed by atoms with Crippen molar-refractivity contribution in [1.82, 2.24) is 24.4 Å². The van der Waals surface area contributed by atoms with Crippen LogP contribution in [0.25, 0.3) is 17.0 Å². The number of carbonyl (C=O) groups is 3. The molecule has 0 saturated carbocycles. The molecular formula is C26H26N6O5. The maximum atomic E-state index is 13.2. The van der Waals surface area contributed by atoms with Gasteiger partial charge in [-0.25, -0.2) is 9.78 Å². The van der Waals surface area contributed by atoms with E-state index in [0.29, 0.717) is 60.2 Å². The molecule has 1 aliphatic rings. The van der Waals surface area contributed by atoms with Crippen LogP contribution in [0.15, 0.2) is 47.2 Å². The first kappa shape index (κ1) is 24.2. The molecule has 5 rings (SSSR count). The van der Waals surface area contributed by atoms with E-state index in [1.54, 1.807) is 22.3 Å². The molecule has 1 fully saturated rings. The number of nitrogens with zero attached hydrogens (tertiary/aromatic N) is 5. The van der Waals surface area contributed by atoms with E-state index in [1.807, 2.05) is 37.4 Å². The van der Waals surface area contributed by atoms with Crippen LogP contribution >= 0.6 is 0 Å². The molecule has 11 heteroatoms. The van der Waals surface area contributed by atoms with E-state index >= 15 is 0 Å². The SMILES string of the molecule is COC(=O)N1CC(c2nc(-c3ccc(C)c(NC(=O)c4cnc5ccc(CCC(C)=O)cn45)c3)no2)C1. The van der Waals surface area contributed by atoms with Gasteiger partial charge in [0.05, 0.1) is 19.2 Å². The number of likely N-dealkylation sites (tertiary alicyclic amines) is 1. The smallest absolute Gasteiger partial charge is 0.409 e. The lowest BCUT2D eigenvalue weighted by atomic mass is 10.0. The molecule has 0 spiro atoms. The van der Waals surface area contributed by atoms with Gasteiger partial charge in [0.2, 0.25) is 11.7 Å². The van der Waals surface area contributed by atoms with Crippen molar-refractivity contribution in [2.24, 2.45) is 0 Å². The summed E-state index contributed by atoms with van der Waals surface area (Å²) in [6, 6.07) is 9.27. The van der Waals surface area contributed by atoms with Gasteiger partial charge in [0.1, 0.15) is 17.1 Å². The highest BCUT2D eigenvalue weighted by Gasteiger charge is 2.36. The minimum absolute atomic E-state index is 0.0412. The third-order valence-electron chi connectivity index (χ3n) is 6.41. The molecule has 37 heavy (non-hydrogen) atoms. The topological polar surface area (TPSA) is 132 Å². The minimum atomic E-state index is -0.381. The second-order valence-corrected chi connectivity index (χ2v) is 9.12. The molecular weight excluding hydrogens is 476 g/mol. The molecule has 4 heterocycles. The summed E-state index contributed by atoms with van der Waals surface area (Å²) in [5.74, 6) is 0.603. The summed E-state index contributed by atoms with van der Waals surface area (Å²) >= 11 is 0. The zero-order valence-corrected chi connectivity index (χ0v) is 20.7. The second-order valence-electron chi connectivity index (χ2n) is 9.12. The summed E-state index contributed by atoms with van der Waals surface area (Å²) in [5, 5.41) is 7.05. The highest BCUT2D eigenvalue weighted by molar-refractivity contribution is 6.04. The monoisotopic (exact) mass is 502 g/mol. The number of fused-ring (bicyclic) bond motifs is 1. The van der Waals surface area contributed by atoms with Crippen LogP contribution in [0.1, 0.15) is 46.8 Å². The number of carbonyl (C=O) groups excluding carboxylic acids is 3. The first-order valence-corrected chi connectivity index (χ1v) is 11.9. The Kier molecular flexibility index (Phi) is 6.43. The molecule has 1 aromatic carbocycles. The van der Waals surface area contributed by atoms with E-state index in [2.05, 4.69) is 20.4 Å². The number of ether oxygens (including phenoxy) is 1. The first-order chi connectivity index (χ1) is 17.8. The first-order valence-electron chi connectivity index (χ1n) is 11.9. The lowest BCUT2D eigenvalue weighted by molar-refractivity contribution is -0.116. The number of Topliss-reactive ketones (excluding diaryl/α,β-unsaturated/α-hetero) is 1. The Labute approximate surface area is 212 Å². The number of hydrogen-bond acceptors (Lipinski definition) is 8. The van der Waals surface area contributed by atoms with Crippen LogP contribution in [-0.2, 0) is 16.0 Å². The van der Waals surface area contributed by atoms with Gasteiger partial charge in [-0.3, -0.25) is 9.20 Å². The van der Waals surface area contributed by atoms with E-state index < -0.39 is 0 Å². The number of anilines is 1. The molecule has 0 unspecified atom stereocenters. The molecule has 1 saturated heterocycles. The van der Waals surface area contributed by atoms with Gasteiger partial charge in [0, 0.05) is 37.0 Å². The third kappa shape index (κ3) is 4.92. The summed E-state index contributed by atoms with van der Waals surface area (Å²) in [5.41, 5.74) is 4.13. The van der Waals surface area contributed by atoms with Crippen molar-refractivity contribution in [3.63, 3.8) is 0 Å². The lowest BCUT2D eigenvalue weighted by Gasteiger charge is -2.35. The fourth-order valence-electron chi connectivity index (χ4n) is 4.17. The Morgan fingerprint density at radius 1 is 1.19 bits per heavy atom. The van der Waals surface area contributed by atoms with Crippen LogP contribution in [0.2, 0.25) is 0 Å².